The van der Waals surface area contributed by atoms with Gasteiger partial charge in [0.05, 0.1) is 30.7 Å². The summed E-state index contributed by atoms with van der Waals surface area (Å²) in [6.07, 6.45) is 1.47. The summed E-state index contributed by atoms with van der Waals surface area (Å²) in [5.41, 5.74) is 2.16. The minimum atomic E-state index is -3.92. The Balaban J connectivity index is 1.71. The summed E-state index contributed by atoms with van der Waals surface area (Å²) in [6, 6.07) is 20.0. The summed E-state index contributed by atoms with van der Waals surface area (Å²) >= 11 is 0. The van der Waals surface area contributed by atoms with Crippen LogP contribution in [0, 0.1) is 11.6 Å². The van der Waals surface area contributed by atoms with Crippen molar-refractivity contribution in [1.29, 1.82) is 0 Å². The number of halogens is 2. The molecule has 0 saturated carbocycles. The number of rotatable bonds is 11. The number of carbonyl (C=O) groups excluding carboxylic acids is 1. The number of hydrogen-bond donors (Lipinski definition) is 0. The first-order valence-electron chi connectivity index (χ1n) is 12.4. The van der Waals surface area contributed by atoms with Crippen LogP contribution in [0.4, 0.5) is 8.78 Å². The van der Waals surface area contributed by atoms with Crippen LogP contribution in [-0.2, 0) is 28.7 Å². The zero-order valence-corrected chi connectivity index (χ0v) is 22.6. The van der Waals surface area contributed by atoms with E-state index in [2.05, 4.69) is 4.98 Å². The number of imidazole rings is 1. The highest BCUT2D eigenvalue weighted by atomic mass is 32.2. The van der Waals surface area contributed by atoms with Gasteiger partial charge in [0.25, 0.3) is 5.91 Å². The van der Waals surface area contributed by atoms with Crippen molar-refractivity contribution >= 4 is 15.7 Å². The Morgan fingerprint density at radius 3 is 2.08 bits per heavy atom. The molecule has 10 heteroatoms. The number of amides is 1. The molecule has 0 fully saturated rings. The van der Waals surface area contributed by atoms with Crippen LogP contribution >= 0.6 is 0 Å². The van der Waals surface area contributed by atoms with E-state index in [9.17, 15) is 22.0 Å². The molecule has 0 unspecified atom stereocenters. The number of nitrogens with zero attached hydrogens (tertiary/aromatic N) is 4. The second-order valence-electron chi connectivity index (χ2n) is 9.53. The molecule has 1 aromatic heterocycles. The molecule has 0 saturated heterocycles. The van der Waals surface area contributed by atoms with Gasteiger partial charge in [-0.2, -0.15) is 0 Å². The van der Waals surface area contributed by atoms with Gasteiger partial charge < -0.3 is 14.4 Å². The molecule has 0 atom stereocenters. The van der Waals surface area contributed by atoms with Crippen molar-refractivity contribution in [2.75, 3.05) is 27.2 Å². The second-order valence-corrected chi connectivity index (χ2v) is 11.4. The molecule has 1 heterocycles. The van der Waals surface area contributed by atoms with Crippen LogP contribution in [0.1, 0.15) is 27.2 Å². The van der Waals surface area contributed by atoms with Crippen molar-refractivity contribution in [2.45, 2.75) is 24.0 Å². The third kappa shape index (κ3) is 7.36. The Morgan fingerprint density at radius 1 is 0.846 bits per heavy atom. The van der Waals surface area contributed by atoms with E-state index in [4.69, 9.17) is 0 Å². The highest BCUT2D eigenvalue weighted by molar-refractivity contribution is 7.90. The molecule has 7 nitrogen and oxygen atoms in total. The SMILES string of the molecule is CN(C)CCN(Cc1cnc(S(=O)(=O)Cc2ccc(F)cc2)n1Cc1ccccc1)C(=O)c1ccc(F)cc1. The van der Waals surface area contributed by atoms with E-state index in [1.54, 1.807) is 9.47 Å². The predicted octanol–water partition coefficient (Wildman–Crippen LogP) is 4.39. The van der Waals surface area contributed by atoms with E-state index in [1.807, 2.05) is 49.3 Å². The Kier molecular flexibility index (Phi) is 8.88. The van der Waals surface area contributed by atoms with Crippen molar-refractivity contribution in [1.82, 2.24) is 19.4 Å². The van der Waals surface area contributed by atoms with Crippen LogP contribution in [0.25, 0.3) is 0 Å². The average Bonchev–Trinajstić information content (AvgIpc) is 3.31. The normalized spacial score (nSPS) is 11.6. The molecule has 204 valence electrons. The van der Waals surface area contributed by atoms with Crippen molar-refractivity contribution in [3.05, 3.63) is 119 Å². The van der Waals surface area contributed by atoms with Crippen LogP contribution in [0.2, 0.25) is 0 Å². The first-order chi connectivity index (χ1) is 18.6. The molecular weight excluding hydrogens is 522 g/mol. The van der Waals surface area contributed by atoms with Crippen LogP contribution in [-0.4, -0.2) is 60.9 Å². The molecule has 0 aliphatic carbocycles. The minimum Gasteiger partial charge on any atom is -0.331 e. The summed E-state index contributed by atoms with van der Waals surface area (Å²) in [7, 11) is -0.140. The maximum atomic E-state index is 13.5. The lowest BCUT2D eigenvalue weighted by atomic mass is 10.2. The number of sulfone groups is 1. The number of hydrogen-bond acceptors (Lipinski definition) is 5. The maximum absolute atomic E-state index is 13.5. The van der Waals surface area contributed by atoms with E-state index in [0.717, 1.165) is 5.56 Å². The third-order valence-corrected chi connectivity index (χ3v) is 7.78. The second kappa shape index (κ2) is 12.3. The van der Waals surface area contributed by atoms with Crippen LogP contribution < -0.4 is 0 Å². The standard InChI is InChI=1S/C29H30F2N4O3S/c1-33(2)16-17-34(28(36)24-10-14-26(31)15-11-24)20-27-18-32-29(35(27)19-22-6-4-3-5-7-22)39(37,38)21-23-8-12-25(30)13-9-23/h3-15,18H,16-17,19-21H2,1-2H3. The van der Waals surface area contributed by atoms with E-state index < -0.39 is 21.5 Å². The lowest BCUT2D eigenvalue weighted by Crippen LogP contribution is -2.37. The molecule has 3 aromatic carbocycles. The zero-order chi connectivity index (χ0) is 28.0. The highest BCUT2D eigenvalue weighted by Gasteiger charge is 2.26. The van der Waals surface area contributed by atoms with E-state index >= 15 is 0 Å². The first kappa shape index (κ1) is 28.1. The Hall–Kier alpha value is -3.89. The van der Waals surface area contributed by atoms with Gasteiger partial charge in [-0.1, -0.05) is 42.5 Å². The molecule has 1 amide bonds. The summed E-state index contributed by atoms with van der Waals surface area (Å²) < 4.78 is 55.5. The summed E-state index contributed by atoms with van der Waals surface area (Å²) in [5.74, 6) is -1.55. The molecule has 4 rings (SSSR count). The molecule has 39 heavy (non-hydrogen) atoms. The molecule has 0 spiro atoms. The fraction of sp³-hybridized carbons (Fsp3) is 0.241. The topological polar surface area (TPSA) is 75.5 Å². The predicted molar refractivity (Wildman–Crippen MR) is 145 cm³/mol. The third-order valence-electron chi connectivity index (χ3n) is 6.18. The zero-order valence-electron chi connectivity index (χ0n) is 21.8. The summed E-state index contributed by atoms with van der Waals surface area (Å²) in [6.45, 7) is 1.24. The Labute approximate surface area is 227 Å². The van der Waals surface area contributed by atoms with Crippen molar-refractivity contribution in [3.8, 4) is 0 Å². The summed E-state index contributed by atoms with van der Waals surface area (Å²) in [4.78, 5) is 21.2. The number of aromatic nitrogens is 2. The van der Waals surface area contributed by atoms with Gasteiger partial charge in [0.1, 0.15) is 11.6 Å². The van der Waals surface area contributed by atoms with Gasteiger partial charge >= 0.3 is 0 Å². The van der Waals surface area contributed by atoms with Gasteiger partial charge in [-0.05, 0) is 61.6 Å². The smallest absolute Gasteiger partial charge is 0.254 e. The quantitative estimate of drug-likeness (QED) is 0.276. The van der Waals surface area contributed by atoms with Gasteiger partial charge in [0, 0.05) is 18.7 Å². The molecule has 4 aromatic rings. The van der Waals surface area contributed by atoms with Crippen LogP contribution in [0.3, 0.4) is 0 Å². The van der Waals surface area contributed by atoms with Gasteiger partial charge in [0.2, 0.25) is 15.0 Å². The largest absolute Gasteiger partial charge is 0.331 e. The highest BCUT2D eigenvalue weighted by Crippen LogP contribution is 2.21. The Bertz CT molecular complexity index is 1500. The van der Waals surface area contributed by atoms with Crippen LogP contribution in [0.5, 0.6) is 0 Å². The fourth-order valence-corrected chi connectivity index (χ4v) is 5.60. The Morgan fingerprint density at radius 2 is 1.46 bits per heavy atom. The lowest BCUT2D eigenvalue weighted by molar-refractivity contribution is 0.0728. The lowest BCUT2D eigenvalue weighted by Gasteiger charge is -2.25. The van der Waals surface area contributed by atoms with E-state index in [-0.39, 0.29) is 29.9 Å². The van der Waals surface area contributed by atoms with Crippen LogP contribution in [0.15, 0.2) is 90.2 Å². The molecule has 0 aliphatic heterocycles. The minimum absolute atomic E-state index is 0.0932. The van der Waals surface area contributed by atoms with Crippen molar-refractivity contribution in [2.24, 2.45) is 0 Å². The maximum Gasteiger partial charge on any atom is 0.254 e. The average molecular weight is 553 g/mol. The van der Waals surface area contributed by atoms with Crippen molar-refractivity contribution < 1.29 is 22.0 Å². The first-order valence-corrected chi connectivity index (χ1v) is 14.0. The fourth-order valence-electron chi connectivity index (χ4n) is 4.11. The number of benzene rings is 3. The monoisotopic (exact) mass is 552 g/mol. The number of likely N-dealkylation sites (N-methyl/N-ethyl adjacent to an activating group) is 1. The number of carbonyl (C=O) groups is 1. The molecule has 0 aliphatic rings. The van der Waals surface area contributed by atoms with E-state index in [0.29, 0.717) is 29.9 Å². The summed E-state index contributed by atoms with van der Waals surface area (Å²) in [5, 5.41) is -0.132. The molecule has 0 N–H and O–H groups in total. The van der Waals surface area contributed by atoms with Crippen molar-refractivity contribution in [3.63, 3.8) is 0 Å². The molecule has 0 radical (unpaired) electrons. The van der Waals surface area contributed by atoms with Gasteiger partial charge in [-0.15, -0.1) is 0 Å². The van der Waals surface area contributed by atoms with Gasteiger partial charge in [-0.3, -0.25) is 4.79 Å². The van der Waals surface area contributed by atoms with Gasteiger partial charge in [0.15, 0.2) is 0 Å². The molecular formula is C29H30F2N4O3S. The van der Waals surface area contributed by atoms with Gasteiger partial charge in [-0.25, -0.2) is 22.2 Å². The van der Waals surface area contributed by atoms with E-state index in [1.165, 1.54) is 54.7 Å². The molecule has 0 bridgehead atoms.